The van der Waals surface area contributed by atoms with Gasteiger partial charge in [0.1, 0.15) is 5.54 Å². The second-order valence-electron chi connectivity index (χ2n) is 3.72. The molecule has 0 spiro atoms. The van der Waals surface area contributed by atoms with Crippen LogP contribution >= 0.6 is 11.3 Å². The summed E-state index contributed by atoms with van der Waals surface area (Å²) in [5.74, 6) is -0.167. The lowest BCUT2D eigenvalue weighted by molar-refractivity contribution is 0.0923. The van der Waals surface area contributed by atoms with E-state index in [0.29, 0.717) is 12.0 Å². The van der Waals surface area contributed by atoms with Crippen molar-refractivity contribution in [2.24, 2.45) is 0 Å². The molecule has 1 aromatic heterocycles. The molecule has 1 rings (SSSR count). The van der Waals surface area contributed by atoms with Crippen LogP contribution in [0.25, 0.3) is 0 Å². The number of carbonyl (C=O) groups excluding carboxylic acids is 1. The maximum Gasteiger partial charge on any atom is 0.253 e. The standard InChI is InChI=1S/C11H14N2OS/c1-4-11(3,7-12)13-10(14)9-6-15-5-8(9)2/h5-6H,4H2,1-3H3,(H,13,14). The minimum atomic E-state index is -0.772. The van der Waals surface area contributed by atoms with Crippen LogP contribution in [0.2, 0.25) is 0 Å². The molecule has 15 heavy (non-hydrogen) atoms. The van der Waals surface area contributed by atoms with E-state index in [9.17, 15) is 4.79 Å². The molecule has 0 aliphatic rings. The number of nitrogens with zero attached hydrogens (tertiary/aromatic N) is 1. The predicted molar refractivity (Wildman–Crippen MR) is 60.8 cm³/mol. The van der Waals surface area contributed by atoms with E-state index < -0.39 is 5.54 Å². The molecule has 0 aromatic carbocycles. The maximum absolute atomic E-state index is 11.8. The summed E-state index contributed by atoms with van der Waals surface area (Å²) < 4.78 is 0. The van der Waals surface area contributed by atoms with E-state index >= 15 is 0 Å². The molecule has 0 radical (unpaired) electrons. The second kappa shape index (κ2) is 4.45. The Bertz CT molecular complexity index is 405. The molecule has 1 heterocycles. The van der Waals surface area contributed by atoms with Gasteiger partial charge in [0, 0.05) is 5.38 Å². The minimum Gasteiger partial charge on any atom is -0.334 e. The number of carbonyl (C=O) groups is 1. The SMILES string of the molecule is CCC(C)(C#N)NC(=O)c1cscc1C. The van der Waals surface area contributed by atoms with Gasteiger partial charge in [-0.15, -0.1) is 0 Å². The summed E-state index contributed by atoms with van der Waals surface area (Å²) in [6.07, 6.45) is 0.596. The predicted octanol–water partition coefficient (Wildman–Crippen LogP) is 2.48. The van der Waals surface area contributed by atoms with Crippen LogP contribution in [-0.4, -0.2) is 11.4 Å². The smallest absolute Gasteiger partial charge is 0.253 e. The highest BCUT2D eigenvalue weighted by atomic mass is 32.1. The van der Waals surface area contributed by atoms with E-state index in [2.05, 4.69) is 11.4 Å². The lowest BCUT2D eigenvalue weighted by Gasteiger charge is -2.21. The zero-order chi connectivity index (χ0) is 11.5. The van der Waals surface area contributed by atoms with Gasteiger partial charge in [-0.05, 0) is 31.2 Å². The lowest BCUT2D eigenvalue weighted by atomic mass is 10.0. The fourth-order valence-corrected chi connectivity index (χ4v) is 1.93. The molecular weight excluding hydrogens is 208 g/mol. The van der Waals surface area contributed by atoms with Crippen molar-refractivity contribution < 1.29 is 4.79 Å². The van der Waals surface area contributed by atoms with Gasteiger partial charge in [0.25, 0.3) is 5.91 Å². The summed E-state index contributed by atoms with van der Waals surface area (Å²) in [5, 5.41) is 15.4. The Balaban J connectivity index is 2.82. The first kappa shape index (κ1) is 11.7. The van der Waals surface area contributed by atoms with Crippen LogP contribution in [-0.2, 0) is 0 Å². The Labute approximate surface area is 93.7 Å². The van der Waals surface area contributed by atoms with Crippen molar-refractivity contribution in [2.75, 3.05) is 0 Å². The first-order valence-corrected chi connectivity index (χ1v) is 5.73. The molecule has 1 unspecified atom stereocenters. The zero-order valence-electron chi connectivity index (χ0n) is 9.13. The van der Waals surface area contributed by atoms with Crippen molar-refractivity contribution in [2.45, 2.75) is 32.7 Å². The molecule has 0 saturated carbocycles. The molecule has 0 bridgehead atoms. The third-order valence-corrected chi connectivity index (χ3v) is 3.30. The third-order valence-electron chi connectivity index (χ3n) is 2.44. The summed E-state index contributed by atoms with van der Waals surface area (Å²) in [6.45, 7) is 5.50. The zero-order valence-corrected chi connectivity index (χ0v) is 9.94. The number of thiophene rings is 1. The molecule has 0 aliphatic carbocycles. The Morgan fingerprint density at radius 2 is 2.33 bits per heavy atom. The van der Waals surface area contributed by atoms with E-state index in [1.54, 1.807) is 12.3 Å². The molecule has 0 aliphatic heterocycles. The first-order valence-electron chi connectivity index (χ1n) is 4.79. The maximum atomic E-state index is 11.8. The first-order chi connectivity index (χ1) is 7.02. The molecule has 0 saturated heterocycles. The summed E-state index contributed by atoms with van der Waals surface area (Å²) in [4.78, 5) is 11.8. The molecular formula is C11H14N2OS. The Hall–Kier alpha value is -1.34. The van der Waals surface area contributed by atoms with E-state index in [-0.39, 0.29) is 5.91 Å². The fourth-order valence-electron chi connectivity index (χ4n) is 1.11. The number of hydrogen-bond donors (Lipinski definition) is 1. The van der Waals surface area contributed by atoms with Crippen molar-refractivity contribution in [3.8, 4) is 6.07 Å². The number of rotatable bonds is 3. The number of nitrogens with one attached hydrogen (secondary N) is 1. The van der Waals surface area contributed by atoms with Crippen LogP contribution in [0.5, 0.6) is 0 Å². The van der Waals surface area contributed by atoms with Gasteiger partial charge in [-0.25, -0.2) is 0 Å². The molecule has 1 aromatic rings. The quantitative estimate of drug-likeness (QED) is 0.854. The summed E-state index contributed by atoms with van der Waals surface area (Å²) in [5.41, 5.74) is 0.842. The third kappa shape index (κ3) is 2.57. The Morgan fingerprint density at radius 1 is 1.67 bits per heavy atom. The average Bonchev–Trinajstić information content (AvgIpc) is 2.64. The van der Waals surface area contributed by atoms with Crippen molar-refractivity contribution >= 4 is 17.2 Å². The Kier molecular flexibility index (Phi) is 3.48. The number of hydrogen-bond acceptors (Lipinski definition) is 3. The number of aryl methyl sites for hydroxylation is 1. The largest absolute Gasteiger partial charge is 0.334 e. The van der Waals surface area contributed by atoms with Gasteiger partial charge in [0.05, 0.1) is 11.6 Å². The van der Waals surface area contributed by atoms with E-state index in [0.717, 1.165) is 5.56 Å². The van der Waals surface area contributed by atoms with Crippen molar-refractivity contribution in [3.05, 3.63) is 21.9 Å². The molecule has 1 amide bonds. The van der Waals surface area contributed by atoms with Gasteiger partial charge in [0.15, 0.2) is 0 Å². The molecule has 1 N–H and O–H groups in total. The van der Waals surface area contributed by atoms with Crippen molar-refractivity contribution in [1.29, 1.82) is 5.26 Å². The molecule has 4 heteroatoms. The van der Waals surface area contributed by atoms with Crippen LogP contribution in [0.3, 0.4) is 0 Å². The van der Waals surface area contributed by atoms with Gasteiger partial charge in [-0.2, -0.15) is 16.6 Å². The highest BCUT2D eigenvalue weighted by Gasteiger charge is 2.24. The minimum absolute atomic E-state index is 0.167. The van der Waals surface area contributed by atoms with Crippen LogP contribution in [0.15, 0.2) is 10.8 Å². The topological polar surface area (TPSA) is 52.9 Å². The van der Waals surface area contributed by atoms with Crippen LogP contribution in [0.1, 0.15) is 36.2 Å². The van der Waals surface area contributed by atoms with Crippen molar-refractivity contribution in [1.82, 2.24) is 5.32 Å². The van der Waals surface area contributed by atoms with Crippen LogP contribution in [0.4, 0.5) is 0 Å². The molecule has 80 valence electrons. The molecule has 1 atom stereocenters. The summed E-state index contributed by atoms with van der Waals surface area (Å²) in [6, 6.07) is 2.11. The van der Waals surface area contributed by atoms with Gasteiger partial charge in [0.2, 0.25) is 0 Å². The van der Waals surface area contributed by atoms with E-state index in [4.69, 9.17) is 5.26 Å². The van der Waals surface area contributed by atoms with Crippen molar-refractivity contribution in [3.63, 3.8) is 0 Å². The Morgan fingerprint density at radius 3 is 2.73 bits per heavy atom. The summed E-state index contributed by atoms with van der Waals surface area (Å²) >= 11 is 1.49. The van der Waals surface area contributed by atoms with Crippen LogP contribution < -0.4 is 5.32 Å². The molecule has 3 nitrogen and oxygen atoms in total. The second-order valence-corrected chi connectivity index (χ2v) is 4.46. The van der Waals surface area contributed by atoms with Crippen LogP contribution in [0, 0.1) is 18.3 Å². The lowest BCUT2D eigenvalue weighted by Crippen LogP contribution is -2.44. The number of amides is 1. The molecule has 0 fully saturated rings. The van der Waals surface area contributed by atoms with Gasteiger partial charge < -0.3 is 5.32 Å². The summed E-state index contributed by atoms with van der Waals surface area (Å²) in [7, 11) is 0. The average molecular weight is 222 g/mol. The monoisotopic (exact) mass is 222 g/mol. The van der Waals surface area contributed by atoms with E-state index in [1.165, 1.54) is 11.3 Å². The number of nitriles is 1. The van der Waals surface area contributed by atoms with Gasteiger partial charge in [-0.3, -0.25) is 4.79 Å². The normalized spacial score (nSPS) is 14.0. The van der Waals surface area contributed by atoms with Gasteiger partial charge >= 0.3 is 0 Å². The highest BCUT2D eigenvalue weighted by Crippen LogP contribution is 2.15. The van der Waals surface area contributed by atoms with E-state index in [1.807, 2.05) is 19.2 Å². The highest BCUT2D eigenvalue weighted by molar-refractivity contribution is 7.08. The fraction of sp³-hybridized carbons (Fsp3) is 0.455. The van der Waals surface area contributed by atoms with Gasteiger partial charge in [-0.1, -0.05) is 6.92 Å².